The Kier molecular flexibility index (Phi) is 6.84. The summed E-state index contributed by atoms with van der Waals surface area (Å²) in [6.07, 6.45) is 3.63. The highest BCUT2D eigenvalue weighted by molar-refractivity contribution is 6.09. The van der Waals surface area contributed by atoms with Crippen LogP contribution in [0.25, 0.3) is 0 Å². The zero-order valence-corrected chi connectivity index (χ0v) is 18.7. The molecule has 0 radical (unpaired) electrons. The molecule has 0 bridgehead atoms. The summed E-state index contributed by atoms with van der Waals surface area (Å²) in [5, 5.41) is 2.92. The van der Waals surface area contributed by atoms with Crippen LogP contribution in [0.4, 0.5) is 4.79 Å². The van der Waals surface area contributed by atoms with Gasteiger partial charge in [0.05, 0.1) is 0 Å². The Morgan fingerprint density at radius 1 is 1.07 bits per heavy atom. The second-order valence-electron chi connectivity index (χ2n) is 9.59. The molecule has 0 saturated carbocycles. The number of urea groups is 1. The van der Waals surface area contributed by atoms with Crippen LogP contribution in [-0.2, 0) is 22.4 Å². The third-order valence-electron chi connectivity index (χ3n) is 6.28. The van der Waals surface area contributed by atoms with Crippen LogP contribution in [0.2, 0.25) is 0 Å². The number of aryl methyl sites for hydroxylation is 1. The number of fused-ring (bicyclic) bond motifs is 1. The van der Waals surface area contributed by atoms with E-state index in [4.69, 9.17) is 0 Å². The molecule has 164 valence electrons. The van der Waals surface area contributed by atoms with E-state index in [9.17, 15) is 14.4 Å². The molecule has 1 saturated heterocycles. The summed E-state index contributed by atoms with van der Waals surface area (Å²) < 4.78 is 0. The van der Waals surface area contributed by atoms with Crippen molar-refractivity contribution in [3.8, 4) is 0 Å². The minimum atomic E-state index is -0.910. The van der Waals surface area contributed by atoms with Crippen molar-refractivity contribution in [1.29, 1.82) is 0 Å². The van der Waals surface area contributed by atoms with Gasteiger partial charge in [-0.05, 0) is 48.6 Å². The number of amides is 4. The lowest BCUT2D eigenvalue weighted by Gasteiger charge is -2.32. The van der Waals surface area contributed by atoms with Crippen LogP contribution in [0, 0.1) is 11.8 Å². The van der Waals surface area contributed by atoms with E-state index in [0.29, 0.717) is 37.8 Å². The van der Waals surface area contributed by atoms with Crippen LogP contribution >= 0.6 is 0 Å². The Balaban J connectivity index is 1.70. The van der Waals surface area contributed by atoms with Gasteiger partial charge in [0.15, 0.2) is 0 Å². The molecule has 6 heteroatoms. The maximum Gasteiger partial charge on any atom is 0.325 e. The second kappa shape index (κ2) is 9.19. The summed E-state index contributed by atoms with van der Waals surface area (Å²) in [5.74, 6) is 0.569. The lowest BCUT2D eigenvalue weighted by Crippen LogP contribution is -2.51. The van der Waals surface area contributed by atoms with Gasteiger partial charge in [0.25, 0.3) is 5.91 Å². The molecule has 1 unspecified atom stereocenters. The number of hydrogen-bond acceptors (Lipinski definition) is 3. The summed E-state index contributed by atoms with van der Waals surface area (Å²) >= 11 is 0. The number of rotatable bonds is 8. The van der Waals surface area contributed by atoms with E-state index in [-0.39, 0.29) is 18.4 Å². The molecule has 1 aliphatic carbocycles. The van der Waals surface area contributed by atoms with Gasteiger partial charge in [-0.25, -0.2) is 4.79 Å². The van der Waals surface area contributed by atoms with Crippen LogP contribution in [0.5, 0.6) is 0 Å². The van der Waals surface area contributed by atoms with Gasteiger partial charge in [-0.2, -0.15) is 0 Å². The molecule has 0 aromatic heterocycles. The molecule has 1 aromatic rings. The Labute approximate surface area is 180 Å². The molecular weight excluding hydrogens is 378 g/mol. The Bertz CT molecular complexity index is 793. The minimum Gasteiger partial charge on any atom is -0.341 e. The molecule has 1 N–H and O–H groups in total. The number of imide groups is 1. The van der Waals surface area contributed by atoms with Gasteiger partial charge in [0.2, 0.25) is 5.91 Å². The highest BCUT2D eigenvalue weighted by atomic mass is 16.2. The first kappa shape index (κ1) is 22.3. The largest absolute Gasteiger partial charge is 0.341 e. The van der Waals surface area contributed by atoms with Crippen molar-refractivity contribution in [3.63, 3.8) is 0 Å². The summed E-state index contributed by atoms with van der Waals surface area (Å²) in [6, 6.07) is 7.61. The third-order valence-corrected chi connectivity index (χ3v) is 6.28. The van der Waals surface area contributed by atoms with Crippen molar-refractivity contribution in [2.75, 3.05) is 19.6 Å². The Hall–Kier alpha value is -2.37. The number of nitrogens with zero attached hydrogens (tertiary/aromatic N) is 2. The van der Waals surface area contributed by atoms with Crippen molar-refractivity contribution >= 4 is 17.8 Å². The van der Waals surface area contributed by atoms with Gasteiger partial charge in [0.1, 0.15) is 12.1 Å². The maximum absolute atomic E-state index is 13.3. The molecule has 3 rings (SSSR count). The van der Waals surface area contributed by atoms with Gasteiger partial charge in [0, 0.05) is 19.5 Å². The highest BCUT2D eigenvalue weighted by Gasteiger charge is 2.52. The molecule has 30 heavy (non-hydrogen) atoms. The topological polar surface area (TPSA) is 69.7 Å². The van der Waals surface area contributed by atoms with Gasteiger partial charge < -0.3 is 10.2 Å². The SMILES string of the molecule is CC(C)CCN(CCC(C)C)C(=O)CN1C(=O)NC2(CCc3ccccc3C2)C1=O. The van der Waals surface area contributed by atoms with E-state index in [0.717, 1.165) is 29.7 Å². The summed E-state index contributed by atoms with van der Waals surface area (Å²) in [4.78, 5) is 41.9. The fourth-order valence-electron chi connectivity index (χ4n) is 4.27. The number of benzene rings is 1. The molecule has 1 fully saturated rings. The number of hydrogen-bond donors (Lipinski definition) is 1. The zero-order chi connectivity index (χ0) is 21.9. The molecular formula is C24H35N3O3. The van der Waals surface area contributed by atoms with Crippen LogP contribution in [-0.4, -0.2) is 52.8 Å². The molecule has 1 aromatic carbocycles. The molecule has 4 amide bonds. The predicted molar refractivity (Wildman–Crippen MR) is 117 cm³/mol. The summed E-state index contributed by atoms with van der Waals surface area (Å²) in [6.45, 7) is 9.67. The lowest BCUT2D eigenvalue weighted by molar-refractivity contribution is -0.139. The van der Waals surface area contributed by atoms with E-state index in [1.807, 2.05) is 23.1 Å². The number of carbonyl (C=O) groups excluding carboxylic acids is 3. The monoisotopic (exact) mass is 413 g/mol. The Morgan fingerprint density at radius 2 is 1.67 bits per heavy atom. The highest BCUT2D eigenvalue weighted by Crippen LogP contribution is 2.33. The minimum absolute atomic E-state index is 0.145. The normalized spacial score (nSPS) is 20.8. The van der Waals surface area contributed by atoms with Crippen LogP contribution < -0.4 is 5.32 Å². The molecule has 1 aliphatic heterocycles. The first-order valence-electron chi connectivity index (χ1n) is 11.2. The molecule has 1 heterocycles. The van der Waals surface area contributed by atoms with Gasteiger partial charge in [-0.3, -0.25) is 14.5 Å². The standard InChI is InChI=1S/C24H35N3O3/c1-17(2)10-13-26(14-11-18(3)4)21(28)16-27-22(29)24(25-23(27)30)12-9-19-7-5-6-8-20(19)15-24/h5-8,17-18H,9-16H2,1-4H3,(H,25,30). The van der Waals surface area contributed by atoms with Gasteiger partial charge in [-0.15, -0.1) is 0 Å². The van der Waals surface area contributed by atoms with E-state index < -0.39 is 11.6 Å². The van der Waals surface area contributed by atoms with E-state index in [2.05, 4.69) is 39.1 Å². The quantitative estimate of drug-likeness (QED) is 0.664. The first-order chi connectivity index (χ1) is 14.2. The van der Waals surface area contributed by atoms with Crippen LogP contribution in [0.1, 0.15) is 58.1 Å². The fourth-order valence-corrected chi connectivity index (χ4v) is 4.27. The van der Waals surface area contributed by atoms with Crippen LogP contribution in [0.15, 0.2) is 24.3 Å². The van der Waals surface area contributed by atoms with Crippen molar-refractivity contribution < 1.29 is 14.4 Å². The average molecular weight is 414 g/mol. The smallest absolute Gasteiger partial charge is 0.325 e. The Morgan fingerprint density at radius 3 is 2.27 bits per heavy atom. The average Bonchev–Trinajstić information content (AvgIpc) is 2.91. The number of nitrogens with one attached hydrogen (secondary N) is 1. The van der Waals surface area contributed by atoms with E-state index in [1.54, 1.807) is 0 Å². The molecule has 1 spiro atoms. The lowest BCUT2D eigenvalue weighted by atomic mass is 9.78. The summed E-state index contributed by atoms with van der Waals surface area (Å²) in [7, 11) is 0. The zero-order valence-electron chi connectivity index (χ0n) is 18.7. The predicted octanol–water partition coefficient (Wildman–Crippen LogP) is 3.39. The number of carbonyl (C=O) groups is 3. The third kappa shape index (κ3) is 4.85. The van der Waals surface area contributed by atoms with E-state index >= 15 is 0 Å². The van der Waals surface area contributed by atoms with Crippen molar-refractivity contribution in [1.82, 2.24) is 15.1 Å². The second-order valence-corrected chi connectivity index (χ2v) is 9.59. The molecule has 6 nitrogen and oxygen atoms in total. The van der Waals surface area contributed by atoms with Crippen molar-refractivity contribution in [2.45, 2.75) is 65.3 Å². The first-order valence-corrected chi connectivity index (χ1v) is 11.2. The molecule has 2 aliphatic rings. The fraction of sp³-hybridized carbons (Fsp3) is 0.625. The van der Waals surface area contributed by atoms with Crippen molar-refractivity contribution in [2.24, 2.45) is 11.8 Å². The molecule has 1 atom stereocenters. The van der Waals surface area contributed by atoms with Gasteiger partial charge >= 0.3 is 6.03 Å². The maximum atomic E-state index is 13.3. The van der Waals surface area contributed by atoms with E-state index in [1.165, 1.54) is 5.56 Å². The van der Waals surface area contributed by atoms with Crippen molar-refractivity contribution in [3.05, 3.63) is 35.4 Å². The van der Waals surface area contributed by atoms with Crippen LogP contribution in [0.3, 0.4) is 0 Å². The van der Waals surface area contributed by atoms with Gasteiger partial charge in [-0.1, -0.05) is 52.0 Å². The summed E-state index contributed by atoms with van der Waals surface area (Å²) in [5.41, 5.74) is 1.42.